The molecule has 0 radical (unpaired) electrons. The molecule has 3 rings (SSSR count). The lowest BCUT2D eigenvalue weighted by Crippen LogP contribution is -2.06. The number of aromatic amines is 1. The van der Waals surface area contributed by atoms with Gasteiger partial charge < -0.3 is 25.1 Å². The molecule has 0 aliphatic heterocycles. The molecule has 0 fully saturated rings. The first-order valence-electron chi connectivity index (χ1n) is 8.38. The lowest BCUT2D eigenvalue weighted by molar-refractivity contribution is -0.114. The molecule has 0 unspecified atom stereocenters. The van der Waals surface area contributed by atoms with Gasteiger partial charge in [-0.25, -0.2) is 9.78 Å². The zero-order valence-corrected chi connectivity index (χ0v) is 15.3. The van der Waals surface area contributed by atoms with E-state index in [9.17, 15) is 9.59 Å². The minimum atomic E-state index is -0.441. The number of hydrogen-bond acceptors (Lipinski definition) is 6. The first-order chi connectivity index (χ1) is 13.0. The predicted molar refractivity (Wildman–Crippen MR) is 103 cm³/mol. The second kappa shape index (κ2) is 7.77. The molecular weight excluding hydrogens is 348 g/mol. The summed E-state index contributed by atoms with van der Waals surface area (Å²) >= 11 is 0. The standard InChI is InChI=1S/C19H20N4O4/c1-4-27-19(25)17-9-14-15(22-17)7-12(21-11(2)24)8-16(14)23-18-6-5-13(26-3)10-20-18/h5-10,22H,4H2,1-3H3,(H,20,23)(H,21,24). The van der Waals surface area contributed by atoms with Crippen molar-refractivity contribution in [3.05, 3.63) is 42.2 Å². The normalized spacial score (nSPS) is 10.5. The maximum absolute atomic E-state index is 12.0. The fourth-order valence-corrected chi connectivity index (χ4v) is 2.65. The minimum Gasteiger partial charge on any atom is -0.495 e. The van der Waals surface area contributed by atoms with Crippen molar-refractivity contribution in [1.29, 1.82) is 0 Å². The van der Waals surface area contributed by atoms with Gasteiger partial charge in [0.05, 0.1) is 31.1 Å². The summed E-state index contributed by atoms with van der Waals surface area (Å²) in [5.74, 6) is 0.600. The largest absolute Gasteiger partial charge is 0.495 e. The number of nitrogens with one attached hydrogen (secondary N) is 3. The quantitative estimate of drug-likeness (QED) is 0.576. The Hall–Kier alpha value is -3.55. The van der Waals surface area contributed by atoms with Gasteiger partial charge >= 0.3 is 5.97 Å². The Kier molecular flexibility index (Phi) is 5.25. The number of benzene rings is 1. The van der Waals surface area contributed by atoms with Crippen LogP contribution in [0.25, 0.3) is 10.9 Å². The third kappa shape index (κ3) is 4.17. The van der Waals surface area contributed by atoms with E-state index in [1.54, 1.807) is 50.6 Å². The lowest BCUT2D eigenvalue weighted by Gasteiger charge is -2.10. The Labute approximate surface area is 155 Å². The molecule has 2 heterocycles. The van der Waals surface area contributed by atoms with E-state index in [0.29, 0.717) is 34.2 Å². The van der Waals surface area contributed by atoms with Crippen LogP contribution in [-0.4, -0.2) is 35.6 Å². The van der Waals surface area contributed by atoms with Gasteiger partial charge in [0, 0.05) is 18.0 Å². The van der Waals surface area contributed by atoms with Crippen molar-refractivity contribution >= 4 is 40.0 Å². The highest BCUT2D eigenvalue weighted by Crippen LogP contribution is 2.31. The van der Waals surface area contributed by atoms with Crippen molar-refractivity contribution in [2.24, 2.45) is 0 Å². The van der Waals surface area contributed by atoms with Crippen molar-refractivity contribution < 1.29 is 19.1 Å². The van der Waals surface area contributed by atoms with Crippen LogP contribution in [0.5, 0.6) is 5.75 Å². The molecule has 0 saturated carbocycles. The zero-order chi connectivity index (χ0) is 19.4. The Morgan fingerprint density at radius 2 is 2.04 bits per heavy atom. The molecule has 140 valence electrons. The summed E-state index contributed by atoms with van der Waals surface area (Å²) in [4.78, 5) is 30.8. The van der Waals surface area contributed by atoms with E-state index < -0.39 is 5.97 Å². The number of carbonyl (C=O) groups excluding carboxylic acids is 2. The molecule has 0 atom stereocenters. The van der Waals surface area contributed by atoms with E-state index in [2.05, 4.69) is 20.6 Å². The molecule has 1 amide bonds. The van der Waals surface area contributed by atoms with Gasteiger partial charge in [0.15, 0.2) is 0 Å². The molecule has 8 heteroatoms. The molecule has 0 spiro atoms. The van der Waals surface area contributed by atoms with E-state index in [4.69, 9.17) is 9.47 Å². The maximum atomic E-state index is 12.0. The highest BCUT2D eigenvalue weighted by molar-refractivity contribution is 6.03. The molecule has 3 N–H and O–H groups in total. The van der Waals surface area contributed by atoms with Crippen LogP contribution in [0.2, 0.25) is 0 Å². The van der Waals surface area contributed by atoms with Gasteiger partial charge in [0.25, 0.3) is 0 Å². The van der Waals surface area contributed by atoms with E-state index >= 15 is 0 Å². The summed E-state index contributed by atoms with van der Waals surface area (Å²) < 4.78 is 10.2. The number of rotatable bonds is 6. The highest BCUT2D eigenvalue weighted by atomic mass is 16.5. The average molecular weight is 368 g/mol. The SMILES string of the molecule is CCOC(=O)c1cc2c(Nc3ccc(OC)cn3)cc(NC(C)=O)cc2[nH]1. The number of nitrogens with zero attached hydrogens (tertiary/aromatic N) is 1. The third-order valence-electron chi connectivity index (χ3n) is 3.79. The Balaban J connectivity index is 2.03. The Morgan fingerprint density at radius 1 is 1.22 bits per heavy atom. The second-order valence-electron chi connectivity index (χ2n) is 5.78. The molecule has 0 saturated heterocycles. The summed E-state index contributed by atoms with van der Waals surface area (Å²) in [5.41, 5.74) is 2.28. The van der Waals surface area contributed by atoms with Gasteiger partial charge in [-0.15, -0.1) is 0 Å². The number of H-pyrrole nitrogens is 1. The first-order valence-corrected chi connectivity index (χ1v) is 8.38. The first kappa shape index (κ1) is 18.2. The fourth-order valence-electron chi connectivity index (χ4n) is 2.65. The van der Waals surface area contributed by atoms with Gasteiger partial charge in [-0.1, -0.05) is 0 Å². The number of anilines is 3. The summed E-state index contributed by atoms with van der Waals surface area (Å²) in [6, 6.07) is 8.79. The summed E-state index contributed by atoms with van der Waals surface area (Å²) in [6.07, 6.45) is 1.60. The lowest BCUT2D eigenvalue weighted by atomic mass is 10.2. The number of aromatic nitrogens is 2. The monoisotopic (exact) mass is 368 g/mol. The van der Waals surface area contributed by atoms with Gasteiger partial charge in [-0.3, -0.25) is 4.79 Å². The smallest absolute Gasteiger partial charge is 0.354 e. The predicted octanol–water partition coefficient (Wildman–Crippen LogP) is 3.45. The molecule has 0 aliphatic rings. The summed E-state index contributed by atoms with van der Waals surface area (Å²) in [6.45, 7) is 3.46. The van der Waals surface area contributed by atoms with Gasteiger partial charge in [-0.2, -0.15) is 0 Å². The third-order valence-corrected chi connectivity index (χ3v) is 3.79. The molecule has 0 aliphatic carbocycles. The van der Waals surface area contributed by atoms with E-state index in [-0.39, 0.29) is 12.5 Å². The van der Waals surface area contributed by atoms with Crippen LogP contribution in [0, 0.1) is 0 Å². The van der Waals surface area contributed by atoms with Gasteiger partial charge in [-0.05, 0) is 37.3 Å². The van der Waals surface area contributed by atoms with E-state index in [1.807, 2.05) is 0 Å². The van der Waals surface area contributed by atoms with Crippen LogP contribution >= 0.6 is 0 Å². The number of esters is 1. The van der Waals surface area contributed by atoms with Crippen molar-refractivity contribution in [1.82, 2.24) is 9.97 Å². The maximum Gasteiger partial charge on any atom is 0.354 e. The number of hydrogen-bond donors (Lipinski definition) is 3. The molecule has 1 aromatic carbocycles. The summed E-state index contributed by atoms with van der Waals surface area (Å²) in [7, 11) is 1.57. The van der Waals surface area contributed by atoms with Crippen LogP contribution in [0.3, 0.4) is 0 Å². The molecule has 27 heavy (non-hydrogen) atoms. The van der Waals surface area contributed by atoms with E-state index in [1.165, 1.54) is 6.92 Å². The average Bonchev–Trinajstić information content (AvgIpc) is 3.06. The highest BCUT2D eigenvalue weighted by Gasteiger charge is 2.14. The van der Waals surface area contributed by atoms with Crippen LogP contribution in [0.4, 0.5) is 17.2 Å². The van der Waals surface area contributed by atoms with Crippen LogP contribution in [0.15, 0.2) is 36.5 Å². The Bertz CT molecular complexity index is 979. The molecule has 0 bridgehead atoms. The number of ether oxygens (including phenoxy) is 2. The molecule has 3 aromatic rings. The molecule has 2 aromatic heterocycles. The summed E-state index contributed by atoms with van der Waals surface area (Å²) in [5, 5.41) is 6.72. The number of fused-ring (bicyclic) bond motifs is 1. The Morgan fingerprint density at radius 3 is 2.67 bits per heavy atom. The van der Waals surface area contributed by atoms with E-state index in [0.717, 1.165) is 5.39 Å². The van der Waals surface area contributed by atoms with Crippen molar-refractivity contribution in [3.63, 3.8) is 0 Å². The van der Waals surface area contributed by atoms with Gasteiger partial charge in [0.2, 0.25) is 5.91 Å². The number of amides is 1. The van der Waals surface area contributed by atoms with Gasteiger partial charge in [0.1, 0.15) is 17.3 Å². The van der Waals surface area contributed by atoms with Crippen molar-refractivity contribution in [3.8, 4) is 5.75 Å². The topological polar surface area (TPSA) is 105 Å². The van der Waals surface area contributed by atoms with Crippen LogP contribution < -0.4 is 15.4 Å². The zero-order valence-electron chi connectivity index (χ0n) is 15.3. The number of methoxy groups -OCH3 is 1. The minimum absolute atomic E-state index is 0.194. The van der Waals surface area contributed by atoms with Crippen molar-refractivity contribution in [2.75, 3.05) is 24.4 Å². The molecular formula is C19H20N4O4. The number of pyridine rings is 1. The fraction of sp³-hybridized carbons (Fsp3) is 0.211. The van der Waals surface area contributed by atoms with Crippen LogP contribution in [-0.2, 0) is 9.53 Å². The number of carbonyl (C=O) groups is 2. The van der Waals surface area contributed by atoms with Crippen LogP contribution in [0.1, 0.15) is 24.3 Å². The molecule has 8 nitrogen and oxygen atoms in total. The van der Waals surface area contributed by atoms with Crippen molar-refractivity contribution in [2.45, 2.75) is 13.8 Å². The second-order valence-corrected chi connectivity index (χ2v) is 5.78.